The normalized spacial score (nSPS) is 13.2. The molecule has 0 aromatic heterocycles. The third kappa shape index (κ3) is 8.81. The summed E-state index contributed by atoms with van der Waals surface area (Å²) in [7, 11) is 0. The SMILES string of the molecule is CCCCCCCCCCCC(Cc1ccccc1)[N+](O)(O)CC. The van der Waals surface area contributed by atoms with E-state index in [4.69, 9.17) is 0 Å². The molecule has 0 heterocycles. The van der Waals surface area contributed by atoms with Crippen LogP contribution in [0, 0.1) is 0 Å². The minimum Gasteiger partial charge on any atom is -0.182 e. The average Bonchev–Trinajstić information content (AvgIpc) is 2.60. The summed E-state index contributed by atoms with van der Waals surface area (Å²) in [5, 5.41) is 20.5. The van der Waals surface area contributed by atoms with E-state index >= 15 is 0 Å². The van der Waals surface area contributed by atoms with E-state index in [0.29, 0.717) is 6.54 Å². The second-order valence-electron chi connectivity index (χ2n) is 7.06. The highest BCUT2D eigenvalue weighted by molar-refractivity contribution is 5.15. The quantitative estimate of drug-likeness (QED) is 0.243. The van der Waals surface area contributed by atoms with Gasteiger partial charge in [-0.15, -0.1) is 0 Å². The van der Waals surface area contributed by atoms with Crippen LogP contribution in [-0.4, -0.2) is 27.8 Å². The van der Waals surface area contributed by atoms with E-state index in [-0.39, 0.29) is 6.04 Å². The summed E-state index contributed by atoms with van der Waals surface area (Å²) in [4.78, 5) is -0.855. The van der Waals surface area contributed by atoms with Crippen molar-refractivity contribution in [3.05, 3.63) is 35.9 Å². The van der Waals surface area contributed by atoms with Gasteiger partial charge in [0.05, 0.1) is 0 Å². The Morgan fingerprint density at radius 2 is 1.33 bits per heavy atom. The van der Waals surface area contributed by atoms with E-state index < -0.39 is 4.81 Å². The molecule has 3 nitrogen and oxygen atoms in total. The van der Waals surface area contributed by atoms with Crippen LogP contribution in [0.5, 0.6) is 0 Å². The number of rotatable bonds is 14. The molecule has 24 heavy (non-hydrogen) atoms. The topological polar surface area (TPSA) is 40.5 Å². The molecule has 0 saturated carbocycles. The Kier molecular flexibility index (Phi) is 11.0. The van der Waals surface area contributed by atoms with E-state index in [1.165, 1.54) is 56.9 Å². The smallest absolute Gasteiger partial charge is 0.156 e. The summed E-state index contributed by atoms with van der Waals surface area (Å²) in [6.07, 6.45) is 13.2. The lowest BCUT2D eigenvalue weighted by Gasteiger charge is -2.29. The first-order valence-electron chi connectivity index (χ1n) is 9.97. The summed E-state index contributed by atoms with van der Waals surface area (Å²) in [6.45, 7) is 4.41. The molecule has 0 amide bonds. The Morgan fingerprint density at radius 1 is 0.792 bits per heavy atom. The lowest BCUT2D eigenvalue weighted by Crippen LogP contribution is -2.51. The van der Waals surface area contributed by atoms with Crippen LogP contribution >= 0.6 is 0 Å². The van der Waals surface area contributed by atoms with Crippen LogP contribution in [0.25, 0.3) is 0 Å². The van der Waals surface area contributed by atoms with Crippen molar-refractivity contribution in [2.75, 3.05) is 6.54 Å². The fraction of sp³-hybridized carbons (Fsp3) is 0.714. The summed E-state index contributed by atoms with van der Waals surface area (Å²) in [5.41, 5.74) is 1.18. The van der Waals surface area contributed by atoms with Gasteiger partial charge >= 0.3 is 0 Å². The fourth-order valence-corrected chi connectivity index (χ4v) is 3.29. The number of hydrogen-bond acceptors (Lipinski definition) is 2. The Bertz CT molecular complexity index is 406. The second kappa shape index (κ2) is 12.5. The largest absolute Gasteiger partial charge is 0.182 e. The molecule has 1 aromatic rings. The van der Waals surface area contributed by atoms with E-state index in [0.717, 1.165) is 19.3 Å². The molecule has 0 aliphatic rings. The van der Waals surface area contributed by atoms with Gasteiger partial charge in [-0.25, -0.2) is 0 Å². The van der Waals surface area contributed by atoms with Crippen LogP contribution in [0.3, 0.4) is 0 Å². The number of quaternary nitrogens is 1. The predicted molar refractivity (Wildman–Crippen MR) is 100 cm³/mol. The molecule has 0 fully saturated rings. The van der Waals surface area contributed by atoms with Crippen molar-refractivity contribution in [1.82, 2.24) is 0 Å². The van der Waals surface area contributed by atoms with Gasteiger partial charge in [-0.05, 0) is 23.7 Å². The molecule has 3 heteroatoms. The van der Waals surface area contributed by atoms with E-state index in [2.05, 4.69) is 19.1 Å². The zero-order valence-electron chi connectivity index (χ0n) is 15.8. The summed E-state index contributed by atoms with van der Waals surface area (Å²) < 4.78 is 0. The molecule has 138 valence electrons. The first-order valence-corrected chi connectivity index (χ1v) is 9.97. The van der Waals surface area contributed by atoms with E-state index in [1.807, 2.05) is 25.1 Å². The Balaban J connectivity index is 2.28. The number of likely N-dealkylation sites (N-methyl/N-ethyl adjacent to an activating group) is 1. The minimum absolute atomic E-state index is 0.137. The first kappa shape index (κ1) is 21.1. The van der Waals surface area contributed by atoms with Crippen molar-refractivity contribution in [3.8, 4) is 0 Å². The Morgan fingerprint density at radius 3 is 1.88 bits per heavy atom. The number of hydroxylamine groups is 4. The van der Waals surface area contributed by atoms with Crippen LogP contribution in [-0.2, 0) is 6.42 Å². The monoisotopic (exact) mass is 336 g/mol. The van der Waals surface area contributed by atoms with Gasteiger partial charge in [0.2, 0.25) is 0 Å². The van der Waals surface area contributed by atoms with Gasteiger partial charge in [0.15, 0.2) is 6.04 Å². The number of hydrogen-bond donors (Lipinski definition) is 2. The molecule has 1 rings (SSSR count). The van der Waals surface area contributed by atoms with Crippen molar-refractivity contribution < 1.29 is 15.2 Å². The number of unbranched alkanes of at least 4 members (excludes halogenated alkanes) is 8. The highest BCUT2D eigenvalue weighted by Gasteiger charge is 2.33. The molecule has 1 atom stereocenters. The maximum atomic E-state index is 10.3. The second-order valence-corrected chi connectivity index (χ2v) is 7.06. The van der Waals surface area contributed by atoms with Crippen LogP contribution in [0.4, 0.5) is 0 Å². The molecule has 1 unspecified atom stereocenters. The third-order valence-electron chi connectivity index (χ3n) is 5.01. The fourth-order valence-electron chi connectivity index (χ4n) is 3.29. The molecule has 0 radical (unpaired) electrons. The molecule has 0 saturated heterocycles. The molecule has 1 aromatic carbocycles. The zero-order chi connectivity index (χ0) is 17.7. The molecule has 0 aliphatic heterocycles. The van der Waals surface area contributed by atoms with E-state index in [1.54, 1.807) is 0 Å². The van der Waals surface area contributed by atoms with Crippen LogP contribution in [0.2, 0.25) is 0 Å². The van der Waals surface area contributed by atoms with E-state index in [9.17, 15) is 10.4 Å². The lowest BCUT2D eigenvalue weighted by atomic mass is 9.98. The average molecular weight is 337 g/mol. The number of nitrogens with zero attached hydrogens (tertiary/aromatic N) is 1. The van der Waals surface area contributed by atoms with Crippen molar-refractivity contribution in [1.29, 1.82) is 0 Å². The van der Waals surface area contributed by atoms with Gasteiger partial charge in [0.1, 0.15) is 6.54 Å². The maximum Gasteiger partial charge on any atom is 0.156 e. The van der Waals surface area contributed by atoms with Crippen molar-refractivity contribution in [3.63, 3.8) is 0 Å². The van der Waals surface area contributed by atoms with Crippen molar-refractivity contribution in [2.45, 2.75) is 90.5 Å². The van der Waals surface area contributed by atoms with Gasteiger partial charge < -0.3 is 0 Å². The molecule has 2 N–H and O–H groups in total. The summed E-state index contributed by atoms with van der Waals surface area (Å²) in [6, 6.07) is 10.0. The Hall–Kier alpha value is -0.900. The lowest BCUT2D eigenvalue weighted by molar-refractivity contribution is -1.26. The molecular weight excluding hydrogens is 298 g/mol. The zero-order valence-corrected chi connectivity index (χ0v) is 15.8. The highest BCUT2D eigenvalue weighted by atomic mass is 16.8. The predicted octanol–water partition coefficient (Wildman–Crippen LogP) is 6.13. The van der Waals surface area contributed by atoms with Gasteiger partial charge in [0, 0.05) is 12.8 Å². The summed E-state index contributed by atoms with van der Waals surface area (Å²) in [5.74, 6) is 0. The standard InChI is InChI=1S/C21H38NO2/c1-3-5-6-7-8-9-10-11-15-18-21(22(23,24)4-2)19-20-16-13-12-14-17-20/h12-14,16-17,21,23-24H,3-11,15,18-19H2,1-2H3/q+1. The van der Waals surface area contributed by atoms with Gasteiger partial charge in [-0.2, -0.15) is 10.4 Å². The maximum absolute atomic E-state index is 10.3. The third-order valence-corrected chi connectivity index (χ3v) is 5.01. The van der Waals surface area contributed by atoms with Gasteiger partial charge in [-0.1, -0.05) is 88.6 Å². The van der Waals surface area contributed by atoms with Gasteiger partial charge in [0.25, 0.3) is 0 Å². The summed E-state index contributed by atoms with van der Waals surface area (Å²) >= 11 is 0. The molecular formula is C21H38NO2+. The highest BCUT2D eigenvalue weighted by Crippen LogP contribution is 2.20. The van der Waals surface area contributed by atoms with Gasteiger partial charge in [-0.3, -0.25) is 0 Å². The number of benzene rings is 1. The van der Waals surface area contributed by atoms with Crippen LogP contribution < -0.4 is 0 Å². The van der Waals surface area contributed by atoms with Crippen molar-refractivity contribution in [2.24, 2.45) is 0 Å². The molecule has 0 spiro atoms. The molecule has 0 aliphatic carbocycles. The minimum atomic E-state index is -0.855. The van der Waals surface area contributed by atoms with Crippen LogP contribution in [0.15, 0.2) is 30.3 Å². The Labute approximate surface area is 148 Å². The van der Waals surface area contributed by atoms with Crippen molar-refractivity contribution >= 4 is 0 Å². The first-order chi connectivity index (χ1) is 11.6. The van der Waals surface area contributed by atoms with Crippen LogP contribution in [0.1, 0.15) is 83.6 Å². The molecule has 0 bridgehead atoms.